The number of carbonyl (C=O) groups excluding carboxylic acids is 2. The first-order valence-electron chi connectivity index (χ1n) is 5.78. The molecule has 0 aliphatic carbocycles. The Bertz CT molecular complexity index is 503. The lowest BCUT2D eigenvalue weighted by atomic mass is 10.1. The fraction of sp³-hybridized carbons (Fsp3) is 0.455. The molecule has 0 spiro atoms. The van der Waals surface area contributed by atoms with Gasteiger partial charge in [-0.3, -0.25) is 9.59 Å². The van der Waals surface area contributed by atoms with Crippen molar-refractivity contribution in [3.63, 3.8) is 0 Å². The van der Waals surface area contributed by atoms with Crippen LogP contribution in [0.1, 0.15) is 32.7 Å². The van der Waals surface area contributed by atoms with Crippen LogP contribution >= 0.6 is 0 Å². The standard InChI is InChI=1S/C11H15N5O2/c1-7(2)16-9(5-6-12-16)13-11(18)8-3-4-10(17)15-14-8/h5-7H,3-4H2,1-2H3,(H,13,18)(H,15,17). The van der Waals surface area contributed by atoms with Gasteiger partial charge in [-0.15, -0.1) is 0 Å². The molecule has 0 aromatic carbocycles. The maximum atomic E-state index is 11.9. The summed E-state index contributed by atoms with van der Waals surface area (Å²) in [6.45, 7) is 3.95. The number of aromatic nitrogens is 2. The van der Waals surface area contributed by atoms with Crippen molar-refractivity contribution in [2.45, 2.75) is 32.7 Å². The first-order valence-corrected chi connectivity index (χ1v) is 5.78. The molecule has 2 amide bonds. The third-order valence-corrected chi connectivity index (χ3v) is 2.57. The summed E-state index contributed by atoms with van der Waals surface area (Å²) in [6, 6.07) is 1.88. The van der Waals surface area contributed by atoms with E-state index in [0.29, 0.717) is 18.0 Å². The van der Waals surface area contributed by atoms with E-state index in [9.17, 15) is 9.59 Å². The SMILES string of the molecule is CC(C)n1nccc1NC(=O)C1=NNC(=O)CC1. The van der Waals surface area contributed by atoms with Crippen LogP contribution in [0.2, 0.25) is 0 Å². The quantitative estimate of drug-likeness (QED) is 0.825. The van der Waals surface area contributed by atoms with Gasteiger partial charge in [-0.05, 0) is 13.8 Å². The van der Waals surface area contributed by atoms with E-state index in [2.05, 4.69) is 20.9 Å². The van der Waals surface area contributed by atoms with Gasteiger partial charge < -0.3 is 5.32 Å². The largest absolute Gasteiger partial charge is 0.306 e. The molecule has 0 atom stereocenters. The molecule has 0 radical (unpaired) electrons. The molecule has 1 aromatic heterocycles. The van der Waals surface area contributed by atoms with E-state index in [1.54, 1.807) is 16.9 Å². The number of anilines is 1. The van der Waals surface area contributed by atoms with Crippen LogP contribution in [0.4, 0.5) is 5.82 Å². The van der Waals surface area contributed by atoms with Gasteiger partial charge in [-0.25, -0.2) is 10.1 Å². The molecule has 2 rings (SSSR count). The van der Waals surface area contributed by atoms with Gasteiger partial charge in [-0.2, -0.15) is 10.2 Å². The summed E-state index contributed by atoms with van der Waals surface area (Å²) in [5.41, 5.74) is 2.62. The lowest BCUT2D eigenvalue weighted by Gasteiger charge is -2.14. The van der Waals surface area contributed by atoms with E-state index in [0.717, 1.165) is 0 Å². The predicted octanol–water partition coefficient (Wildman–Crippen LogP) is 0.668. The van der Waals surface area contributed by atoms with Crippen LogP contribution < -0.4 is 10.7 Å². The Labute approximate surface area is 104 Å². The van der Waals surface area contributed by atoms with E-state index in [1.165, 1.54) is 0 Å². The summed E-state index contributed by atoms with van der Waals surface area (Å²) in [5.74, 6) is 0.144. The fourth-order valence-corrected chi connectivity index (χ4v) is 1.65. The Morgan fingerprint density at radius 3 is 2.89 bits per heavy atom. The Morgan fingerprint density at radius 1 is 1.50 bits per heavy atom. The number of hydrogen-bond acceptors (Lipinski definition) is 4. The van der Waals surface area contributed by atoms with E-state index in [4.69, 9.17) is 0 Å². The summed E-state index contributed by atoms with van der Waals surface area (Å²) in [6.07, 6.45) is 2.27. The smallest absolute Gasteiger partial charge is 0.273 e. The molecule has 0 saturated carbocycles. The minimum atomic E-state index is -0.308. The number of carbonyl (C=O) groups is 2. The predicted molar refractivity (Wildman–Crippen MR) is 66.1 cm³/mol. The zero-order valence-corrected chi connectivity index (χ0v) is 10.3. The van der Waals surface area contributed by atoms with Gasteiger partial charge in [0.1, 0.15) is 11.5 Å². The van der Waals surface area contributed by atoms with Gasteiger partial charge in [0.25, 0.3) is 5.91 Å². The van der Waals surface area contributed by atoms with E-state index < -0.39 is 0 Å². The van der Waals surface area contributed by atoms with Gasteiger partial charge >= 0.3 is 0 Å². The highest BCUT2D eigenvalue weighted by atomic mass is 16.2. The number of rotatable bonds is 3. The molecule has 7 nitrogen and oxygen atoms in total. The zero-order chi connectivity index (χ0) is 13.1. The Morgan fingerprint density at radius 2 is 2.28 bits per heavy atom. The molecular weight excluding hydrogens is 234 g/mol. The third kappa shape index (κ3) is 2.55. The summed E-state index contributed by atoms with van der Waals surface area (Å²) in [5, 5.41) is 10.6. The molecule has 1 aliphatic rings. The minimum absolute atomic E-state index is 0.156. The first kappa shape index (κ1) is 12.3. The van der Waals surface area contributed by atoms with Crippen molar-refractivity contribution in [1.82, 2.24) is 15.2 Å². The molecule has 7 heteroatoms. The molecule has 96 valence electrons. The molecule has 1 aromatic rings. The van der Waals surface area contributed by atoms with Crippen molar-refractivity contribution in [2.75, 3.05) is 5.32 Å². The average molecular weight is 249 g/mol. The highest BCUT2D eigenvalue weighted by Gasteiger charge is 2.19. The number of nitrogens with zero attached hydrogens (tertiary/aromatic N) is 3. The van der Waals surface area contributed by atoms with Gasteiger partial charge in [0.2, 0.25) is 5.91 Å². The summed E-state index contributed by atoms with van der Waals surface area (Å²) >= 11 is 0. The summed E-state index contributed by atoms with van der Waals surface area (Å²) < 4.78 is 1.71. The van der Waals surface area contributed by atoms with Crippen LogP contribution in [-0.4, -0.2) is 27.3 Å². The van der Waals surface area contributed by atoms with Gasteiger partial charge in [0.15, 0.2) is 0 Å². The van der Waals surface area contributed by atoms with Crippen LogP contribution in [-0.2, 0) is 9.59 Å². The van der Waals surface area contributed by atoms with Crippen LogP contribution in [0.5, 0.6) is 0 Å². The maximum Gasteiger partial charge on any atom is 0.273 e. The third-order valence-electron chi connectivity index (χ3n) is 2.57. The molecule has 2 heterocycles. The van der Waals surface area contributed by atoms with Crippen LogP contribution in [0, 0.1) is 0 Å². The minimum Gasteiger partial charge on any atom is -0.306 e. The fourth-order valence-electron chi connectivity index (χ4n) is 1.65. The van der Waals surface area contributed by atoms with Crippen molar-refractivity contribution in [2.24, 2.45) is 5.10 Å². The van der Waals surface area contributed by atoms with Crippen molar-refractivity contribution in [3.8, 4) is 0 Å². The van der Waals surface area contributed by atoms with E-state index in [1.807, 2.05) is 13.8 Å². The molecular formula is C11H15N5O2. The van der Waals surface area contributed by atoms with E-state index >= 15 is 0 Å². The normalized spacial score (nSPS) is 15.3. The molecule has 0 fully saturated rings. The second kappa shape index (κ2) is 4.99. The molecule has 18 heavy (non-hydrogen) atoms. The van der Waals surface area contributed by atoms with Crippen LogP contribution in [0.15, 0.2) is 17.4 Å². The summed E-state index contributed by atoms with van der Waals surface area (Å²) in [7, 11) is 0. The lowest BCUT2D eigenvalue weighted by molar-refractivity contribution is -0.121. The number of amides is 2. The van der Waals surface area contributed by atoms with Gasteiger partial charge in [-0.1, -0.05) is 0 Å². The number of nitrogens with one attached hydrogen (secondary N) is 2. The molecule has 2 N–H and O–H groups in total. The summed E-state index contributed by atoms with van der Waals surface area (Å²) in [4.78, 5) is 22.8. The lowest BCUT2D eigenvalue weighted by Crippen LogP contribution is -2.33. The van der Waals surface area contributed by atoms with Crippen LogP contribution in [0.3, 0.4) is 0 Å². The maximum absolute atomic E-state index is 11.9. The first-order chi connectivity index (χ1) is 8.58. The number of hydrazone groups is 1. The molecule has 1 aliphatic heterocycles. The molecule has 0 bridgehead atoms. The highest BCUT2D eigenvalue weighted by Crippen LogP contribution is 2.13. The van der Waals surface area contributed by atoms with Gasteiger partial charge in [0, 0.05) is 24.9 Å². The average Bonchev–Trinajstić information content (AvgIpc) is 2.78. The second-order valence-corrected chi connectivity index (χ2v) is 4.30. The Kier molecular flexibility index (Phi) is 3.40. The number of hydrogen-bond donors (Lipinski definition) is 2. The Hall–Kier alpha value is -2.18. The highest BCUT2D eigenvalue weighted by molar-refractivity contribution is 6.43. The molecule has 0 unspecified atom stereocenters. The second-order valence-electron chi connectivity index (χ2n) is 4.30. The topological polar surface area (TPSA) is 88.4 Å². The zero-order valence-electron chi connectivity index (χ0n) is 10.3. The van der Waals surface area contributed by atoms with Crippen molar-refractivity contribution in [3.05, 3.63) is 12.3 Å². The van der Waals surface area contributed by atoms with Crippen molar-refractivity contribution in [1.29, 1.82) is 0 Å². The van der Waals surface area contributed by atoms with Crippen LogP contribution in [0.25, 0.3) is 0 Å². The van der Waals surface area contributed by atoms with Gasteiger partial charge in [0.05, 0.1) is 6.20 Å². The van der Waals surface area contributed by atoms with Crippen molar-refractivity contribution >= 4 is 23.3 Å². The van der Waals surface area contributed by atoms with E-state index in [-0.39, 0.29) is 24.3 Å². The monoisotopic (exact) mass is 249 g/mol. The van der Waals surface area contributed by atoms with Crippen molar-refractivity contribution < 1.29 is 9.59 Å². The Balaban J connectivity index is 2.07. The molecule has 0 saturated heterocycles.